The molecule has 0 fully saturated rings. The van der Waals surface area contributed by atoms with E-state index in [4.69, 9.17) is 9.78 Å². The van der Waals surface area contributed by atoms with E-state index in [1.54, 1.807) is 12.1 Å². The average molecular weight is 319 g/mol. The van der Waals surface area contributed by atoms with Gasteiger partial charge in [-0.1, -0.05) is 78.4 Å². The Morgan fingerprint density at radius 1 is 0.957 bits per heavy atom. The highest BCUT2D eigenvalue weighted by Gasteiger charge is 2.15. The molecule has 0 aliphatic rings. The van der Waals surface area contributed by atoms with Crippen LogP contribution in [0.5, 0.6) is 0 Å². The molecule has 0 amide bonds. The van der Waals surface area contributed by atoms with E-state index >= 15 is 0 Å². The summed E-state index contributed by atoms with van der Waals surface area (Å²) >= 11 is 0. The van der Waals surface area contributed by atoms with Crippen molar-refractivity contribution in [1.29, 1.82) is 0 Å². The maximum Gasteiger partial charge on any atom is 0.373 e. The van der Waals surface area contributed by atoms with Gasteiger partial charge in [0.2, 0.25) is 0 Å². The minimum absolute atomic E-state index is 0.0760. The Kier molecular flexibility index (Phi) is 8.93. The predicted molar refractivity (Wildman–Crippen MR) is 94.2 cm³/mol. The van der Waals surface area contributed by atoms with Gasteiger partial charge in [-0.3, -0.25) is 4.89 Å². The highest BCUT2D eigenvalue weighted by Crippen LogP contribution is 2.22. The first-order valence-corrected chi connectivity index (χ1v) is 8.68. The van der Waals surface area contributed by atoms with Gasteiger partial charge in [0.1, 0.15) is 0 Å². The summed E-state index contributed by atoms with van der Waals surface area (Å²) in [5.74, 6) is -0.430. The molecule has 1 aromatic carbocycles. The van der Waals surface area contributed by atoms with Gasteiger partial charge in [0, 0.05) is 0 Å². The van der Waals surface area contributed by atoms with Crippen LogP contribution in [0.3, 0.4) is 0 Å². The Morgan fingerprint density at radius 2 is 1.52 bits per heavy atom. The highest BCUT2D eigenvalue weighted by molar-refractivity contribution is 5.88. The molecule has 3 heteroatoms. The summed E-state index contributed by atoms with van der Waals surface area (Å²) in [7, 11) is 0. The second-order valence-electron chi connectivity index (χ2n) is 6.99. The summed E-state index contributed by atoms with van der Waals surface area (Å²) in [5, 5.41) is 0. The lowest BCUT2D eigenvalue weighted by Gasteiger charge is -2.18. The number of hydrogen-bond acceptors (Lipinski definition) is 3. The fourth-order valence-corrected chi connectivity index (χ4v) is 2.29. The molecule has 0 spiro atoms. The molecule has 0 aromatic heterocycles. The van der Waals surface area contributed by atoms with Gasteiger partial charge in [-0.25, -0.2) is 4.79 Å². The van der Waals surface area contributed by atoms with E-state index in [1.807, 2.05) is 12.1 Å². The standard InChI is InChI=1S/C20H31O3/c1-5-6-7-8-9-10-11-16-22-23-19(21)17-12-14-18(15-13-17)20(2,3)4/h12-15H,1,5-11,16H2,2-4H3. The van der Waals surface area contributed by atoms with Crippen LogP contribution in [0.4, 0.5) is 0 Å². The maximum absolute atomic E-state index is 11.9. The third kappa shape index (κ3) is 8.17. The molecule has 1 rings (SSSR count). The first kappa shape index (κ1) is 19.7. The molecule has 0 atom stereocenters. The molecule has 1 radical (unpaired) electrons. The van der Waals surface area contributed by atoms with Gasteiger partial charge < -0.3 is 0 Å². The Morgan fingerprint density at radius 3 is 2.09 bits per heavy atom. The van der Waals surface area contributed by atoms with Crippen molar-refractivity contribution in [2.75, 3.05) is 6.61 Å². The molecular weight excluding hydrogens is 288 g/mol. The molecule has 0 bridgehead atoms. The van der Waals surface area contributed by atoms with Crippen molar-refractivity contribution >= 4 is 5.97 Å². The molecular formula is C20H31O3. The van der Waals surface area contributed by atoms with Crippen molar-refractivity contribution in [1.82, 2.24) is 0 Å². The summed E-state index contributed by atoms with van der Waals surface area (Å²) in [5.41, 5.74) is 1.78. The molecule has 0 aliphatic heterocycles. The second-order valence-corrected chi connectivity index (χ2v) is 6.99. The van der Waals surface area contributed by atoms with Crippen molar-refractivity contribution < 1.29 is 14.6 Å². The predicted octanol–water partition coefficient (Wildman–Crippen LogP) is 5.64. The summed E-state index contributed by atoms with van der Waals surface area (Å²) in [6, 6.07) is 7.49. The van der Waals surface area contributed by atoms with Crippen molar-refractivity contribution in [2.24, 2.45) is 0 Å². The molecule has 0 unspecified atom stereocenters. The molecule has 0 heterocycles. The molecule has 0 saturated heterocycles. The topological polar surface area (TPSA) is 35.5 Å². The van der Waals surface area contributed by atoms with Crippen LogP contribution >= 0.6 is 0 Å². The number of unbranched alkanes of at least 4 members (excludes halogenated alkanes) is 6. The highest BCUT2D eigenvalue weighted by atomic mass is 17.2. The van der Waals surface area contributed by atoms with E-state index in [-0.39, 0.29) is 5.41 Å². The van der Waals surface area contributed by atoms with E-state index in [0.29, 0.717) is 12.2 Å². The lowest BCUT2D eigenvalue weighted by atomic mass is 9.87. The lowest BCUT2D eigenvalue weighted by molar-refractivity contribution is -0.241. The lowest BCUT2D eigenvalue weighted by Crippen LogP contribution is -2.12. The zero-order valence-corrected chi connectivity index (χ0v) is 14.9. The van der Waals surface area contributed by atoms with E-state index in [0.717, 1.165) is 19.3 Å². The Labute approximate surface area is 141 Å². The number of hydrogen-bond donors (Lipinski definition) is 0. The van der Waals surface area contributed by atoms with Crippen LogP contribution in [0.1, 0.15) is 81.6 Å². The van der Waals surface area contributed by atoms with Gasteiger partial charge in [0.15, 0.2) is 0 Å². The Hall–Kier alpha value is -1.35. The van der Waals surface area contributed by atoms with Crippen LogP contribution in [0.2, 0.25) is 0 Å². The first-order chi connectivity index (χ1) is 10.9. The number of carbonyl (C=O) groups is 1. The molecule has 0 saturated carbocycles. The summed E-state index contributed by atoms with van der Waals surface area (Å²) in [6.45, 7) is 10.7. The van der Waals surface area contributed by atoms with Crippen LogP contribution < -0.4 is 0 Å². The zero-order valence-electron chi connectivity index (χ0n) is 14.9. The third-order valence-corrected chi connectivity index (χ3v) is 3.85. The maximum atomic E-state index is 11.9. The van der Waals surface area contributed by atoms with Crippen LogP contribution in [0, 0.1) is 6.92 Å². The van der Waals surface area contributed by atoms with Crippen LogP contribution in [0.15, 0.2) is 24.3 Å². The number of benzene rings is 1. The summed E-state index contributed by atoms with van der Waals surface area (Å²) in [4.78, 5) is 21.7. The normalized spacial score (nSPS) is 11.5. The SMILES string of the molecule is [CH2]CCCCCCCCOOC(=O)c1ccc(C(C)(C)C)cc1. The monoisotopic (exact) mass is 319 g/mol. The van der Waals surface area contributed by atoms with Crippen molar-refractivity contribution in [2.45, 2.75) is 71.1 Å². The number of carbonyl (C=O) groups excluding carboxylic acids is 1. The largest absolute Gasteiger partial charge is 0.373 e. The second kappa shape index (κ2) is 10.4. The average Bonchev–Trinajstić information content (AvgIpc) is 2.52. The van der Waals surface area contributed by atoms with Gasteiger partial charge in [-0.2, -0.15) is 4.89 Å². The molecule has 23 heavy (non-hydrogen) atoms. The smallest absolute Gasteiger partial charge is 0.293 e. The van der Waals surface area contributed by atoms with E-state index in [1.165, 1.54) is 31.2 Å². The van der Waals surface area contributed by atoms with E-state index in [2.05, 4.69) is 27.7 Å². The first-order valence-electron chi connectivity index (χ1n) is 8.68. The molecule has 0 aliphatic carbocycles. The summed E-state index contributed by atoms with van der Waals surface area (Å²) in [6.07, 6.45) is 7.96. The fraction of sp³-hybridized carbons (Fsp3) is 0.600. The molecule has 129 valence electrons. The number of rotatable bonds is 10. The van der Waals surface area contributed by atoms with Gasteiger partial charge in [0.25, 0.3) is 0 Å². The van der Waals surface area contributed by atoms with Crippen molar-refractivity contribution in [3.8, 4) is 0 Å². The van der Waals surface area contributed by atoms with Crippen LogP contribution in [0.25, 0.3) is 0 Å². The van der Waals surface area contributed by atoms with E-state index < -0.39 is 5.97 Å². The van der Waals surface area contributed by atoms with Gasteiger partial charge >= 0.3 is 5.97 Å². The van der Waals surface area contributed by atoms with E-state index in [9.17, 15) is 4.79 Å². The quantitative estimate of drug-likeness (QED) is 0.318. The molecule has 1 aromatic rings. The van der Waals surface area contributed by atoms with Gasteiger partial charge in [0.05, 0.1) is 12.2 Å². The summed E-state index contributed by atoms with van der Waals surface area (Å²) < 4.78 is 0. The van der Waals surface area contributed by atoms with Crippen molar-refractivity contribution in [3.63, 3.8) is 0 Å². The van der Waals surface area contributed by atoms with Gasteiger partial charge in [-0.05, 0) is 29.5 Å². The van der Waals surface area contributed by atoms with Crippen molar-refractivity contribution in [3.05, 3.63) is 42.3 Å². The Balaban J connectivity index is 2.17. The zero-order chi connectivity index (χ0) is 17.1. The molecule has 0 N–H and O–H groups in total. The van der Waals surface area contributed by atoms with Crippen LogP contribution in [-0.2, 0) is 15.2 Å². The third-order valence-electron chi connectivity index (χ3n) is 3.85. The Bertz CT molecular complexity index is 443. The minimum atomic E-state index is -0.430. The fourth-order valence-electron chi connectivity index (χ4n) is 2.29. The van der Waals surface area contributed by atoms with Gasteiger partial charge in [-0.15, -0.1) is 0 Å². The van der Waals surface area contributed by atoms with Crippen LogP contribution in [-0.4, -0.2) is 12.6 Å². The minimum Gasteiger partial charge on any atom is -0.293 e. The molecule has 3 nitrogen and oxygen atoms in total.